The lowest BCUT2D eigenvalue weighted by atomic mass is 10.0. The molecular weight excluding hydrogens is 212 g/mol. The van der Waals surface area contributed by atoms with Crippen molar-refractivity contribution in [3.8, 4) is 0 Å². The summed E-state index contributed by atoms with van der Waals surface area (Å²) in [5, 5.41) is 10.1. The monoisotopic (exact) mass is 228 g/mol. The first kappa shape index (κ1) is 11.7. The highest BCUT2D eigenvalue weighted by molar-refractivity contribution is 5.28. The van der Waals surface area contributed by atoms with Crippen molar-refractivity contribution in [3.63, 3.8) is 0 Å². The summed E-state index contributed by atoms with van der Waals surface area (Å²) in [5.74, 6) is 0. The molecule has 3 heteroatoms. The van der Waals surface area contributed by atoms with Crippen molar-refractivity contribution in [1.82, 2.24) is 9.97 Å². The lowest BCUT2D eigenvalue weighted by molar-refractivity contribution is 0.215. The summed E-state index contributed by atoms with van der Waals surface area (Å²) in [6.07, 6.45) is 4.62. The summed E-state index contributed by atoms with van der Waals surface area (Å²) in [6.45, 7) is 2.16. The van der Waals surface area contributed by atoms with Gasteiger partial charge in [0.05, 0.1) is 5.69 Å². The van der Waals surface area contributed by atoms with Crippen LogP contribution in [0.1, 0.15) is 36.3 Å². The average molecular weight is 228 g/mol. The Morgan fingerprint density at radius 1 is 1.18 bits per heavy atom. The normalized spacial score (nSPS) is 12.4. The van der Waals surface area contributed by atoms with Crippen LogP contribution < -0.4 is 0 Å². The van der Waals surface area contributed by atoms with Gasteiger partial charge in [-0.15, -0.1) is 0 Å². The van der Waals surface area contributed by atoms with Crippen molar-refractivity contribution in [1.29, 1.82) is 0 Å². The number of aryl methyl sites for hydroxylation is 1. The number of rotatable bonds is 4. The Morgan fingerprint density at radius 2 is 1.94 bits per heavy atom. The van der Waals surface area contributed by atoms with Crippen molar-refractivity contribution in [2.45, 2.75) is 25.9 Å². The third-order valence-corrected chi connectivity index (χ3v) is 2.72. The molecule has 1 aromatic carbocycles. The van der Waals surface area contributed by atoms with E-state index in [-0.39, 0.29) is 0 Å². The standard InChI is InChI=1S/C14H16N2O/c1-2-3-11-4-6-12(7-5-11)14(17)13-8-9-15-10-16-13/h4-10,14,17H,2-3H2,1H3. The summed E-state index contributed by atoms with van der Waals surface area (Å²) < 4.78 is 0. The van der Waals surface area contributed by atoms with Crippen LogP contribution in [-0.2, 0) is 6.42 Å². The second kappa shape index (κ2) is 5.55. The maximum absolute atomic E-state index is 10.1. The quantitative estimate of drug-likeness (QED) is 0.874. The van der Waals surface area contributed by atoms with E-state index in [0.717, 1.165) is 18.4 Å². The van der Waals surface area contributed by atoms with E-state index in [9.17, 15) is 5.11 Å². The maximum Gasteiger partial charge on any atom is 0.121 e. The first-order valence-electron chi connectivity index (χ1n) is 5.84. The minimum Gasteiger partial charge on any atom is -0.382 e. The highest BCUT2D eigenvalue weighted by Gasteiger charge is 2.10. The number of aromatic nitrogens is 2. The molecule has 0 amide bonds. The Labute approximate surface area is 101 Å². The molecule has 0 saturated heterocycles. The molecule has 0 bridgehead atoms. The van der Waals surface area contributed by atoms with E-state index in [1.807, 2.05) is 12.1 Å². The molecule has 1 atom stereocenters. The first-order valence-corrected chi connectivity index (χ1v) is 5.84. The van der Waals surface area contributed by atoms with Gasteiger partial charge in [0, 0.05) is 6.20 Å². The highest BCUT2D eigenvalue weighted by Crippen LogP contribution is 2.20. The lowest BCUT2D eigenvalue weighted by Crippen LogP contribution is -2.02. The van der Waals surface area contributed by atoms with Gasteiger partial charge in [0.2, 0.25) is 0 Å². The summed E-state index contributed by atoms with van der Waals surface area (Å²) >= 11 is 0. The molecule has 0 fully saturated rings. The lowest BCUT2D eigenvalue weighted by Gasteiger charge is -2.10. The Morgan fingerprint density at radius 3 is 2.53 bits per heavy atom. The first-order chi connectivity index (χ1) is 8.31. The molecule has 0 aliphatic carbocycles. The SMILES string of the molecule is CCCc1ccc(C(O)c2ccncn2)cc1. The van der Waals surface area contributed by atoms with Crippen LogP contribution in [0, 0.1) is 0 Å². The van der Waals surface area contributed by atoms with Crippen LogP contribution in [0.5, 0.6) is 0 Å². The predicted molar refractivity (Wildman–Crippen MR) is 66.5 cm³/mol. The fraction of sp³-hybridized carbons (Fsp3) is 0.286. The van der Waals surface area contributed by atoms with Gasteiger partial charge >= 0.3 is 0 Å². The third-order valence-electron chi connectivity index (χ3n) is 2.72. The van der Waals surface area contributed by atoms with Gasteiger partial charge in [-0.05, 0) is 23.6 Å². The molecule has 0 saturated carbocycles. The molecule has 3 nitrogen and oxygen atoms in total. The summed E-state index contributed by atoms with van der Waals surface area (Å²) in [4.78, 5) is 7.89. The van der Waals surface area contributed by atoms with Crippen molar-refractivity contribution in [3.05, 3.63) is 59.7 Å². The molecule has 2 aromatic rings. The Hall–Kier alpha value is -1.74. The maximum atomic E-state index is 10.1. The van der Waals surface area contributed by atoms with E-state index in [1.165, 1.54) is 11.9 Å². The number of hydrogen-bond acceptors (Lipinski definition) is 3. The van der Waals surface area contributed by atoms with E-state index in [0.29, 0.717) is 5.69 Å². The van der Waals surface area contributed by atoms with Gasteiger partial charge in [-0.3, -0.25) is 0 Å². The molecule has 1 N–H and O–H groups in total. The van der Waals surface area contributed by atoms with Crippen molar-refractivity contribution < 1.29 is 5.11 Å². The average Bonchev–Trinajstić information content (AvgIpc) is 2.40. The van der Waals surface area contributed by atoms with Gasteiger partial charge in [0.1, 0.15) is 12.4 Å². The van der Waals surface area contributed by atoms with Crippen LogP contribution in [0.15, 0.2) is 42.9 Å². The topological polar surface area (TPSA) is 46.0 Å². The zero-order chi connectivity index (χ0) is 12.1. The highest BCUT2D eigenvalue weighted by atomic mass is 16.3. The molecule has 0 spiro atoms. The molecule has 0 aliphatic rings. The minimum absolute atomic E-state index is 0.628. The number of nitrogens with zero attached hydrogens (tertiary/aromatic N) is 2. The van der Waals surface area contributed by atoms with Crippen LogP contribution >= 0.6 is 0 Å². The van der Waals surface area contributed by atoms with Crippen molar-refractivity contribution in [2.24, 2.45) is 0 Å². The fourth-order valence-corrected chi connectivity index (χ4v) is 1.79. The minimum atomic E-state index is -0.673. The van der Waals surface area contributed by atoms with Crippen LogP contribution in [0.25, 0.3) is 0 Å². The summed E-state index contributed by atoms with van der Waals surface area (Å²) in [6, 6.07) is 9.76. The Kier molecular flexibility index (Phi) is 3.83. The smallest absolute Gasteiger partial charge is 0.121 e. The van der Waals surface area contributed by atoms with Crippen LogP contribution in [0.3, 0.4) is 0 Å². The number of hydrogen-bond donors (Lipinski definition) is 1. The second-order valence-corrected chi connectivity index (χ2v) is 4.03. The zero-order valence-electron chi connectivity index (χ0n) is 9.87. The van der Waals surface area contributed by atoms with Gasteiger partial charge < -0.3 is 5.11 Å². The Balaban J connectivity index is 2.17. The molecule has 0 radical (unpaired) electrons. The number of benzene rings is 1. The fourth-order valence-electron chi connectivity index (χ4n) is 1.79. The molecule has 1 aromatic heterocycles. The van der Waals surface area contributed by atoms with Crippen LogP contribution in [0.4, 0.5) is 0 Å². The largest absolute Gasteiger partial charge is 0.382 e. The third kappa shape index (κ3) is 2.88. The molecule has 1 heterocycles. The van der Waals surface area contributed by atoms with E-state index in [4.69, 9.17) is 0 Å². The molecule has 17 heavy (non-hydrogen) atoms. The van der Waals surface area contributed by atoms with Gasteiger partial charge in [-0.2, -0.15) is 0 Å². The summed E-state index contributed by atoms with van der Waals surface area (Å²) in [7, 11) is 0. The Bertz CT molecular complexity index is 453. The van der Waals surface area contributed by atoms with Crippen LogP contribution in [0.2, 0.25) is 0 Å². The van der Waals surface area contributed by atoms with Gasteiger partial charge in [0.25, 0.3) is 0 Å². The van der Waals surface area contributed by atoms with Crippen molar-refractivity contribution in [2.75, 3.05) is 0 Å². The van der Waals surface area contributed by atoms with E-state index in [1.54, 1.807) is 12.3 Å². The van der Waals surface area contributed by atoms with Crippen molar-refractivity contribution >= 4 is 0 Å². The number of aliphatic hydroxyl groups is 1. The zero-order valence-corrected chi connectivity index (χ0v) is 9.87. The molecule has 0 aliphatic heterocycles. The van der Waals surface area contributed by atoms with E-state index >= 15 is 0 Å². The molecule has 2 rings (SSSR count). The second-order valence-electron chi connectivity index (χ2n) is 4.03. The van der Waals surface area contributed by atoms with E-state index in [2.05, 4.69) is 29.0 Å². The molecular formula is C14H16N2O. The van der Waals surface area contributed by atoms with Gasteiger partial charge in [-0.25, -0.2) is 9.97 Å². The van der Waals surface area contributed by atoms with E-state index < -0.39 is 6.10 Å². The number of aliphatic hydroxyl groups excluding tert-OH is 1. The predicted octanol–water partition coefficient (Wildman–Crippen LogP) is 2.51. The molecule has 88 valence electrons. The summed E-state index contributed by atoms with van der Waals surface area (Å²) in [5.41, 5.74) is 2.79. The molecule has 1 unspecified atom stereocenters. The van der Waals surface area contributed by atoms with Crippen LogP contribution in [-0.4, -0.2) is 15.1 Å². The van der Waals surface area contributed by atoms with Gasteiger partial charge in [-0.1, -0.05) is 37.6 Å². The van der Waals surface area contributed by atoms with Gasteiger partial charge in [0.15, 0.2) is 0 Å².